The second-order valence-corrected chi connectivity index (χ2v) is 5.04. The zero-order valence-corrected chi connectivity index (χ0v) is 11.4. The molecule has 2 rings (SSSR count). The van der Waals surface area contributed by atoms with Gasteiger partial charge in [-0.25, -0.2) is 4.39 Å². The van der Waals surface area contributed by atoms with E-state index < -0.39 is 10.7 Å². The summed E-state index contributed by atoms with van der Waals surface area (Å²) in [4.78, 5) is 11.0. The number of hydrogen-bond donors (Lipinski definition) is 2. The zero-order valence-electron chi connectivity index (χ0n) is 10.6. The van der Waals surface area contributed by atoms with E-state index in [0.29, 0.717) is 9.79 Å². The van der Waals surface area contributed by atoms with Crippen LogP contribution in [0.4, 0.5) is 10.1 Å². The van der Waals surface area contributed by atoms with Crippen molar-refractivity contribution in [3.8, 4) is 0 Å². The number of non-ortho nitro benzene ring substituents is 1. The average molecular weight is 307 g/mol. The average Bonchev–Trinajstić information content (AvgIpc) is 2.49. The van der Waals surface area contributed by atoms with Crippen molar-refractivity contribution in [2.75, 3.05) is 0 Å². The van der Waals surface area contributed by atoms with Crippen molar-refractivity contribution in [1.82, 2.24) is 0 Å². The summed E-state index contributed by atoms with van der Waals surface area (Å²) >= 11 is 1.04. The van der Waals surface area contributed by atoms with Gasteiger partial charge in [0.2, 0.25) is 0 Å². The van der Waals surface area contributed by atoms with E-state index in [1.807, 2.05) is 0 Å². The van der Waals surface area contributed by atoms with E-state index in [0.717, 1.165) is 11.8 Å². The molecule has 21 heavy (non-hydrogen) atoms. The third kappa shape index (κ3) is 3.29. The fourth-order valence-electron chi connectivity index (χ4n) is 1.62. The molecule has 0 aromatic heterocycles. The van der Waals surface area contributed by atoms with Gasteiger partial charge in [-0.3, -0.25) is 10.1 Å². The molecule has 0 heterocycles. The minimum absolute atomic E-state index is 0.167. The molecule has 2 aromatic carbocycles. The van der Waals surface area contributed by atoms with Gasteiger partial charge in [-0.2, -0.15) is 0 Å². The Morgan fingerprint density at radius 2 is 2.00 bits per heavy atom. The first-order chi connectivity index (χ1) is 10.0. The molecule has 0 aliphatic heterocycles. The molecule has 3 N–H and O–H groups in total. The first-order valence-electron chi connectivity index (χ1n) is 5.71. The Hall–Kier alpha value is -2.61. The number of hydrogen-bond acceptors (Lipinski definition) is 5. The van der Waals surface area contributed by atoms with Crippen molar-refractivity contribution in [2.24, 2.45) is 10.9 Å². The van der Waals surface area contributed by atoms with Gasteiger partial charge in [-0.15, -0.1) is 0 Å². The highest BCUT2D eigenvalue weighted by Gasteiger charge is 2.16. The van der Waals surface area contributed by atoms with Gasteiger partial charge >= 0.3 is 0 Å². The Labute approximate surface area is 123 Å². The topological polar surface area (TPSA) is 102 Å². The second kappa shape index (κ2) is 6.23. The molecule has 0 unspecified atom stereocenters. The molecule has 8 heteroatoms. The van der Waals surface area contributed by atoms with Crippen LogP contribution in [-0.2, 0) is 0 Å². The van der Waals surface area contributed by atoms with Crippen LogP contribution in [0, 0.1) is 15.9 Å². The molecule has 0 aliphatic carbocycles. The number of rotatable bonds is 4. The first-order valence-corrected chi connectivity index (χ1v) is 6.53. The van der Waals surface area contributed by atoms with E-state index in [2.05, 4.69) is 5.16 Å². The van der Waals surface area contributed by atoms with E-state index in [1.54, 1.807) is 18.2 Å². The number of oxime groups is 1. The summed E-state index contributed by atoms with van der Waals surface area (Å²) in [6.07, 6.45) is 0. The third-order valence-electron chi connectivity index (χ3n) is 2.61. The standard InChI is InChI=1S/C13H10FN3O3S/c14-10-3-1-2-4-12(10)21-11-6-5-8(17(19)20)7-9(11)13(15)16-18/h1-7,18H,(H2,15,16). The Bertz CT molecular complexity index is 722. The summed E-state index contributed by atoms with van der Waals surface area (Å²) in [5, 5.41) is 22.4. The number of amidine groups is 1. The number of halogens is 1. The van der Waals surface area contributed by atoms with E-state index >= 15 is 0 Å². The lowest BCUT2D eigenvalue weighted by molar-refractivity contribution is -0.384. The molecule has 0 radical (unpaired) electrons. The fraction of sp³-hybridized carbons (Fsp3) is 0. The van der Waals surface area contributed by atoms with Gasteiger partial charge in [-0.1, -0.05) is 29.1 Å². The van der Waals surface area contributed by atoms with Gasteiger partial charge in [0.15, 0.2) is 5.84 Å². The normalized spacial score (nSPS) is 11.4. The molecule has 0 bridgehead atoms. The molecule has 0 aliphatic rings. The van der Waals surface area contributed by atoms with Crippen LogP contribution in [0.25, 0.3) is 0 Å². The molecular weight excluding hydrogens is 297 g/mol. The lowest BCUT2D eigenvalue weighted by Crippen LogP contribution is -2.14. The monoisotopic (exact) mass is 307 g/mol. The predicted molar refractivity (Wildman–Crippen MR) is 76.1 cm³/mol. The third-order valence-corrected chi connectivity index (χ3v) is 3.74. The highest BCUT2D eigenvalue weighted by molar-refractivity contribution is 7.99. The van der Waals surface area contributed by atoms with Gasteiger partial charge in [0.1, 0.15) is 5.82 Å². The van der Waals surface area contributed by atoms with Crippen molar-refractivity contribution < 1.29 is 14.5 Å². The molecule has 2 aromatic rings. The minimum atomic E-state index is -0.592. The van der Waals surface area contributed by atoms with Crippen molar-refractivity contribution in [3.63, 3.8) is 0 Å². The van der Waals surface area contributed by atoms with Gasteiger partial charge in [-0.05, 0) is 18.2 Å². The van der Waals surface area contributed by atoms with Crippen LogP contribution in [0.15, 0.2) is 57.4 Å². The van der Waals surface area contributed by atoms with Crippen molar-refractivity contribution in [3.05, 3.63) is 64.0 Å². The number of benzene rings is 2. The molecular formula is C13H10FN3O3S. The number of nitro groups is 1. The van der Waals surface area contributed by atoms with Crippen LogP contribution >= 0.6 is 11.8 Å². The summed E-state index contributed by atoms with van der Waals surface area (Å²) < 4.78 is 13.7. The Morgan fingerprint density at radius 3 is 2.62 bits per heavy atom. The molecule has 108 valence electrons. The molecule has 0 amide bonds. The summed E-state index contributed by atoms with van der Waals surface area (Å²) in [6.45, 7) is 0. The van der Waals surface area contributed by atoms with Gasteiger partial charge in [0.25, 0.3) is 5.69 Å². The summed E-state index contributed by atoms with van der Waals surface area (Å²) in [5.41, 5.74) is 5.49. The maximum absolute atomic E-state index is 13.7. The van der Waals surface area contributed by atoms with Crippen molar-refractivity contribution in [2.45, 2.75) is 9.79 Å². The molecule has 0 fully saturated rings. The molecule has 0 spiro atoms. The predicted octanol–water partition coefficient (Wildman–Crippen LogP) is 2.98. The SMILES string of the molecule is NC(=NO)c1cc([N+](=O)[O-])ccc1Sc1ccccc1F. The molecule has 0 atom stereocenters. The fourth-order valence-corrected chi connectivity index (χ4v) is 2.58. The molecule has 0 saturated heterocycles. The Kier molecular flexibility index (Phi) is 4.39. The maximum atomic E-state index is 13.7. The number of nitrogens with two attached hydrogens (primary N) is 1. The Balaban J connectivity index is 2.48. The number of nitrogens with zero attached hydrogens (tertiary/aromatic N) is 2. The lowest BCUT2D eigenvalue weighted by Gasteiger charge is -2.08. The Morgan fingerprint density at radius 1 is 1.29 bits per heavy atom. The maximum Gasteiger partial charge on any atom is 0.270 e. The van der Waals surface area contributed by atoms with Crippen molar-refractivity contribution in [1.29, 1.82) is 0 Å². The van der Waals surface area contributed by atoms with E-state index in [9.17, 15) is 14.5 Å². The molecule has 0 saturated carbocycles. The van der Waals surface area contributed by atoms with Crippen LogP contribution in [0.5, 0.6) is 0 Å². The van der Waals surface area contributed by atoms with E-state index in [-0.39, 0.29) is 17.1 Å². The first kappa shape index (κ1) is 14.8. The summed E-state index contributed by atoms with van der Waals surface area (Å²) in [7, 11) is 0. The van der Waals surface area contributed by atoms with E-state index in [4.69, 9.17) is 10.9 Å². The highest BCUT2D eigenvalue weighted by Crippen LogP contribution is 2.33. The highest BCUT2D eigenvalue weighted by atomic mass is 32.2. The second-order valence-electron chi connectivity index (χ2n) is 3.96. The van der Waals surface area contributed by atoms with Crippen LogP contribution in [0.1, 0.15) is 5.56 Å². The number of nitro benzene ring substituents is 1. The van der Waals surface area contributed by atoms with Crippen LogP contribution < -0.4 is 5.73 Å². The minimum Gasteiger partial charge on any atom is -0.409 e. The van der Waals surface area contributed by atoms with Gasteiger partial charge in [0, 0.05) is 27.5 Å². The van der Waals surface area contributed by atoms with Gasteiger partial charge < -0.3 is 10.9 Å². The van der Waals surface area contributed by atoms with Crippen LogP contribution in [-0.4, -0.2) is 16.0 Å². The van der Waals surface area contributed by atoms with E-state index in [1.165, 1.54) is 24.3 Å². The zero-order chi connectivity index (χ0) is 15.4. The quantitative estimate of drug-likeness (QED) is 0.297. The van der Waals surface area contributed by atoms with Crippen molar-refractivity contribution >= 4 is 23.3 Å². The molecule has 6 nitrogen and oxygen atoms in total. The smallest absolute Gasteiger partial charge is 0.270 e. The van der Waals surface area contributed by atoms with Crippen LogP contribution in [0.3, 0.4) is 0 Å². The van der Waals surface area contributed by atoms with Gasteiger partial charge in [0.05, 0.1) is 4.92 Å². The summed E-state index contributed by atoms with van der Waals surface area (Å²) in [6, 6.07) is 9.98. The summed E-state index contributed by atoms with van der Waals surface area (Å²) in [5.74, 6) is -0.705. The largest absolute Gasteiger partial charge is 0.409 e. The lowest BCUT2D eigenvalue weighted by atomic mass is 10.2. The van der Waals surface area contributed by atoms with Crippen LogP contribution in [0.2, 0.25) is 0 Å².